The maximum atomic E-state index is 13.3. The molecule has 1 fully saturated rings. The second kappa shape index (κ2) is 8.93. The molecule has 4 rings (SSSR count). The highest BCUT2D eigenvalue weighted by Gasteiger charge is 2.33. The van der Waals surface area contributed by atoms with Crippen molar-refractivity contribution in [2.24, 2.45) is 4.99 Å². The second-order valence-corrected chi connectivity index (χ2v) is 11.5. The summed E-state index contributed by atoms with van der Waals surface area (Å²) in [5.41, 5.74) is 0.813. The third-order valence-corrected chi connectivity index (χ3v) is 8.05. The molecule has 2 aromatic carbocycles. The van der Waals surface area contributed by atoms with Crippen LogP contribution in [0, 0.1) is 0 Å². The molecule has 1 atom stereocenters. The predicted octanol–water partition coefficient (Wildman–Crippen LogP) is 3.63. The van der Waals surface area contributed by atoms with Gasteiger partial charge in [-0.3, -0.25) is 9.69 Å². The van der Waals surface area contributed by atoms with Crippen molar-refractivity contribution in [1.29, 1.82) is 0 Å². The number of sulfonamides is 1. The molecular formula is C21H22ClN3O5S2. The summed E-state index contributed by atoms with van der Waals surface area (Å²) in [7, 11) is -0.647. The van der Waals surface area contributed by atoms with E-state index in [0.717, 1.165) is 4.31 Å². The standard InChI is InChI=1S/C21H22ClN3O5S2/c1-13-12-25(20(26)14-9-17(22)19-18(10-14)29-7-8-30-19)21(31-13)23-15-5-4-6-16(11-15)32(27,28)24(2)3/h4-6,9-11,13H,7-8,12H2,1-3H3. The molecule has 0 aliphatic carbocycles. The lowest BCUT2D eigenvalue weighted by Crippen LogP contribution is -2.32. The average Bonchev–Trinajstić information content (AvgIpc) is 3.13. The van der Waals surface area contributed by atoms with Crippen LogP contribution in [0.15, 0.2) is 46.3 Å². The van der Waals surface area contributed by atoms with Crippen molar-refractivity contribution in [3.05, 3.63) is 47.0 Å². The van der Waals surface area contributed by atoms with E-state index in [4.69, 9.17) is 21.1 Å². The Morgan fingerprint density at radius 2 is 1.97 bits per heavy atom. The summed E-state index contributed by atoms with van der Waals surface area (Å²) in [5.74, 6) is 0.607. The molecule has 1 unspecified atom stereocenters. The Morgan fingerprint density at radius 1 is 1.22 bits per heavy atom. The number of amides is 1. The lowest BCUT2D eigenvalue weighted by Gasteiger charge is -2.21. The number of thioether (sulfide) groups is 1. The second-order valence-electron chi connectivity index (χ2n) is 7.51. The van der Waals surface area contributed by atoms with Crippen LogP contribution in [0.4, 0.5) is 5.69 Å². The Labute approximate surface area is 196 Å². The van der Waals surface area contributed by atoms with Crippen LogP contribution in [-0.4, -0.2) is 67.8 Å². The largest absolute Gasteiger partial charge is 0.486 e. The van der Waals surface area contributed by atoms with E-state index in [1.54, 1.807) is 29.2 Å². The fraction of sp³-hybridized carbons (Fsp3) is 0.333. The zero-order valence-corrected chi connectivity index (χ0v) is 20.1. The number of halogens is 1. The van der Waals surface area contributed by atoms with E-state index >= 15 is 0 Å². The van der Waals surface area contributed by atoms with Crippen LogP contribution in [0.25, 0.3) is 0 Å². The van der Waals surface area contributed by atoms with Crippen LogP contribution in [0.2, 0.25) is 5.02 Å². The molecule has 2 heterocycles. The molecule has 11 heteroatoms. The van der Waals surface area contributed by atoms with E-state index in [1.807, 2.05) is 6.92 Å². The van der Waals surface area contributed by atoms with E-state index in [0.29, 0.717) is 52.7 Å². The molecule has 0 bridgehead atoms. The van der Waals surface area contributed by atoms with Gasteiger partial charge in [0, 0.05) is 31.5 Å². The van der Waals surface area contributed by atoms with Crippen molar-refractivity contribution in [3.63, 3.8) is 0 Å². The normalized spacial score (nSPS) is 19.6. The lowest BCUT2D eigenvalue weighted by atomic mass is 10.1. The quantitative estimate of drug-likeness (QED) is 0.643. The number of benzene rings is 2. The Kier molecular flexibility index (Phi) is 6.39. The molecule has 0 aromatic heterocycles. The summed E-state index contributed by atoms with van der Waals surface area (Å²) < 4.78 is 37.2. The number of nitrogens with zero attached hydrogens (tertiary/aromatic N) is 3. The van der Waals surface area contributed by atoms with Crippen LogP contribution < -0.4 is 9.47 Å². The lowest BCUT2D eigenvalue weighted by molar-refractivity contribution is 0.0854. The van der Waals surface area contributed by atoms with Gasteiger partial charge in [-0.2, -0.15) is 0 Å². The number of rotatable bonds is 4. The van der Waals surface area contributed by atoms with Gasteiger partial charge in [-0.25, -0.2) is 17.7 Å². The van der Waals surface area contributed by atoms with E-state index in [1.165, 1.54) is 38.0 Å². The van der Waals surface area contributed by atoms with Gasteiger partial charge in [0.05, 0.1) is 15.6 Å². The van der Waals surface area contributed by atoms with Crippen LogP contribution in [0.3, 0.4) is 0 Å². The molecule has 170 valence electrons. The highest BCUT2D eigenvalue weighted by atomic mass is 35.5. The first kappa shape index (κ1) is 22.9. The Hall–Kier alpha value is -2.27. The highest BCUT2D eigenvalue weighted by molar-refractivity contribution is 8.14. The molecule has 1 amide bonds. The summed E-state index contributed by atoms with van der Waals surface area (Å²) in [5, 5.41) is 0.928. The molecule has 2 aliphatic rings. The van der Waals surface area contributed by atoms with Crippen molar-refractivity contribution in [1.82, 2.24) is 9.21 Å². The summed E-state index contributed by atoms with van der Waals surface area (Å²) in [4.78, 5) is 19.6. The van der Waals surface area contributed by atoms with Crippen LogP contribution in [-0.2, 0) is 10.0 Å². The number of hydrogen-bond donors (Lipinski definition) is 0. The maximum Gasteiger partial charge on any atom is 0.260 e. The van der Waals surface area contributed by atoms with Gasteiger partial charge in [-0.1, -0.05) is 36.4 Å². The molecular weight excluding hydrogens is 474 g/mol. The highest BCUT2D eigenvalue weighted by Crippen LogP contribution is 2.39. The van der Waals surface area contributed by atoms with Crippen molar-refractivity contribution >= 4 is 50.1 Å². The van der Waals surface area contributed by atoms with Crippen molar-refractivity contribution in [2.45, 2.75) is 17.1 Å². The van der Waals surface area contributed by atoms with Gasteiger partial charge in [-0.05, 0) is 30.3 Å². The predicted molar refractivity (Wildman–Crippen MR) is 125 cm³/mol. The smallest absolute Gasteiger partial charge is 0.260 e. The molecule has 0 saturated carbocycles. The van der Waals surface area contributed by atoms with Gasteiger partial charge in [-0.15, -0.1) is 0 Å². The summed E-state index contributed by atoms with van der Waals surface area (Å²) in [6.07, 6.45) is 0. The minimum Gasteiger partial charge on any atom is -0.486 e. The number of aliphatic imine (C=N–C) groups is 1. The van der Waals surface area contributed by atoms with E-state index in [-0.39, 0.29) is 16.1 Å². The van der Waals surface area contributed by atoms with Gasteiger partial charge in [0.15, 0.2) is 16.7 Å². The number of hydrogen-bond acceptors (Lipinski definition) is 7. The van der Waals surface area contributed by atoms with Crippen molar-refractivity contribution in [3.8, 4) is 11.5 Å². The molecule has 1 saturated heterocycles. The topological polar surface area (TPSA) is 88.5 Å². The third kappa shape index (κ3) is 4.45. The summed E-state index contributed by atoms with van der Waals surface area (Å²) in [6, 6.07) is 9.53. The molecule has 0 radical (unpaired) electrons. The molecule has 0 spiro atoms. The number of fused-ring (bicyclic) bond motifs is 1. The van der Waals surface area contributed by atoms with Crippen LogP contribution >= 0.6 is 23.4 Å². The number of carbonyl (C=O) groups is 1. The molecule has 8 nitrogen and oxygen atoms in total. The first-order valence-electron chi connectivity index (χ1n) is 9.86. The Morgan fingerprint density at radius 3 is 2.72 bits per heavy atom. The molecule has 2 aliphatic heterocycles. The number of carbonyl (C=O) groups excluding carboxylic acids is 1. The Bertz CT molecular complexity index is 1200. The minimum absolute atomic E-state index is 0.124. The molecule has 0 N–H and O–H groups in total. The first-order valence-corrected chi connectivity index (χ1v) is 12.6. The molecule has 2 aromatic rings. The monoisotopic (exact) mass is 495 g/mol. The van der Waals surface area contributed by atoms with Gasteiger partial charge in [0.1, 0.15) is 13.2 Å². The van der Waals surface area contributed by atoms with Crippen molar-refractivity contribution < 1.29 is 22.7 Å². The number of ether oxygens (including phenoxy) is 2. The van der Waals surface area contributed by atoms with Gasteiger partial charge in [0.25, 0.3) is 5.91 Å². The van der Waals surface area contributed by atoms with Gasteiger partial charge in [0.2, 0.25) is 10.0 Å². The van der Waals surface area contributed by atoms with E-state index in [2.05, 4.69) is 4.99 Å². The zero-order chi connectivity index (χ0) is 23.0. The molecule has 32 heavy (non-hydrogen) atoms. The van der Waals surface area contributed by atoms with E-state index in [9.17, 15) is 13.2 Å². The minimum atomic E-state index is -3.59. The van der Waals surface area contributed by atoms with Crippen LogP contribution in [0.5, 0.6) is 11.5 Å². The summed E-state index contributed by atoms with van der Waals surface area (Å²) in [6.45, 7) is 3.25. The Balaban J connectivity index is 1.67. The zero-order valence-electron chi connectivity index (χ0n) is 17.7. The van der Waals surface area contributed by atoms with Crippen molar-refractivity contribution in [2.75, 3.05) is 33.9 Å². The first-order chi connectivity index (χ1) is 15.2. The number of amidine groups is 1. The third-order valence-electron chi connectivity index (χ3n) is 4.89. The van der Waals surface area contributed by atoms with Gasteiger partial charge >= 0.3 is 0 Å². The average molecular weight is 496 g/mol. The fourth-order valence-electron chi connectivity index (χ4n) is 3.30. The van der Waals surface area contributed by atoms with E-state index < -0.39 is 10.0 Å². The fourth-order valence-corrected chi connectivity index (χ4v) is 5.53. The van der Waals surface area contributed by atoms with Gasteiger partial charge < -0.3 is 9.47 Å². The maximum absolute atomic E-state index is 13.3. The summed E-state index contributed by atoms with van der Waals surface area (Å²) >= 11 is 7.76. The van der Waals surface area contributed by atoms with Crippen LogP contribution in [0.1, 0.15) is 17.3 Å². The SMILES string of the molecule is CC1CN(C(=O)c2cc(Cl)c3c(c2)OCCO3)C(=Nc2cccc(S(=O)(=O)N(C)C)c2)S1.